The summed E-state index contributed by atoms with van der Waals surface area (Å²) in [5.74, 6) is -0.531. The maximum absolute atomic E-state index is 13.2. The molecular weight excluding hydrogens is 187 g/mol. The van der Waals surface area contributed by atoms with Crippen molar-refractivity contribution in [3.63, 3.8) is 0 Å². The van der Waals surface area contributed by atoms with Crippen molar-refractivity contribution in [2.45, 2.75) is 0 Å². The molecule has 1 aliphatic heterocycles. The molecule has 3 nitrogen and oxygen atoms in total. The van der Waals surface area contributed by atoms with Gasteiger partial charge in [-0.25, -0.2) is 4.39 Å². The first-order valence-electron chi connectivity index (χ1n) is 4.02. The van der Waals surface area contributed by atoms with Crippen molar-refractivity contribution < 1.29 is 19.0 Å². The zero-order chi connectivity index (χ0) is 10.1. The van der Waals surface area contributed by atoms with E-state index < -0.39 is 5.82 Å². The number of phenolic OH excluding ortho intramolecular Hbond substituents is 1. The number of halogens is 1. The van der Waals surface area contributed by atoms with Gasteiger partial charge in [0.2, 0.25) is 0 Å². The van der Waals surface area contributed by atoms with Gasteiger partial charge >= 0.3 is 0 Å². The molecule has 1 aliphatic rings. The van der Waals surface area contributed by atoms with Crippen LogP contribution in [0.2, 0.25) is 0 Å². The highest BCUT2D eigenvalue weighted by Crippen LogP contribution is 2.31. The summed E-state index contributed by atoms with van der Waals surface area (Å²) >= 11 is 0. The third kappa shape index (κ3) is 1.35. The Morgan fingerprint density at radius 2 is 2.29 bits per heavy atom. The van der Waals surface area contributed by atoms with Crippen LogP contribution in [0.1, 0.15) is 5.56 Å². The molecule has 0 saturated carbocycles. The Bertz CT molecular complexity index is 424. The summed E-state index contributed by atoms with van der Waals surface area (Å²) in [7, 11) is 0. The van der Waals surface area contributed by atoms with Gasteiger partial charge in [0.25, 0.3) is 0 Å². The van der Waals surface area contributed by atoms with Gasteiger partial charge in [0.1, 0.15) is 30.2 Å². The molecule has 1 aromatic carbocycles. The summed E-state index contributed by atoms with van der Waals surface area (Å²) in [5, 5.41) is 9.08. The molecule has 72 valence electrons. The molecule has 0 atom stereocenters. The van der Waals surface area contributed by atoms with Crippen LogP contribution >= 0.6 is 0 Å². The second-order valence-corrected chi connectivity index (χ2v) is 2.97. The topological polar surface area (TPSA) is 46.5 Å². The molecule has 0 spiro atoms. The number of phenols is 1. The van der Waals surface area contributed by atoms with Crippen molar-refractivity contribution in [2.75, 3.05) is 6.61 Å². The summed E-state index contributed by atoms with van der Waals surface area (Å²) in [4.78, 5) is 10.4. The minimum atomic E-state index is -0.598. The van der Waals surface area contributed by atoms with Gasteiger partial charge in [-0.2, -0.15) is 0 Å². The van der Waals surface area contributed by atoms with Crippen LogP contribution in [0.4, 0.5) is 4.39 Å². The van der Waals surface area contributed by atoms with Crippen molar-refractivity contribution in [2.24, 2.45) is 0 Å². The normalized spacial score (nSPS) is 13.9. The van der Waals surface area contributed by atoms with Gasteiger partial charge in [-0.15, -0.1) is 0 Å². The number of carbonyl (C=O) groups is 1. The summed E-state index contributed by atoms with van der Waals surface area (Å²) in [5.41, 5.74) is 0.582. The molecule has 0 bridgehead atoms. The highest BCUT2D eigenvalue weighted by atomic mass is 19.1. The highest BCUT2D eigenvalue weighted by molar-refractivity contribution is 5.84. The molecule has 1 aromatic rings. The Morgan fingerprint density at radius 1 is 1.50 bits per heavy atom. The number of rotatable bonds is 1. The van der Waals surface area contributed by atoms with Crippen molar-refractivity contribution in [1.82, 2.24) is 0 Å². The number of hydrogen-bond acceptors (Lipinski definition) is 3. The molecule has 2 rings (SSSR count). The Kier molecular flexibility index (Phi) is 1.96. The fourth-order valence-electron chi connectivity index (χ4n) is 1.29. The average Bonchev–Trinajstić information content (AvgIpc) is 2.17. The average molecular weight is 194 g/mol. The number of fused-ring (bicyclic) bond motifs is 1. The number of benzene rings is 1. The maximum atomic E-state index is 13.2. The van der Waals surface area contributed by atoms with Crippen LogP contribution in [0.5, 0.6) is 11.5 Å². The molecule has 0 radical (unpaired) electrons. The molecule has 14 heavy (non-hydrogen) atoms. The lowest BCUT2D eigenvalue weighted by molar-refractivity contribution is -0.105. The molecule has 1 N–H and O–H groups in total. The fraction of sp³-hybridized carbons (Fsp3) is 0.100. The molecule has 0 amide bonds. The van der Waals surface area contributed by atoms with E-state index in [2.05, 4.69) is 0 Å². The second-order valence-electron chi connectivity index (χ2n) is 2.97. The van der Waals surface area contributed by atoms with Crippen molar-refractivity contribution in [3.05, 3.63) is 29.1 Å². The van der Waals surface area contributed by atoms with E-state index in [1.54, 1.807) is 0 Å². The van der Waals surface area contributed by atoms with Crippen molar-refractivity contribution in [3.8, 4) is 11.5 Å². The first-order chi connectivity index (χ1) is 6.70. The van der Waals surface area contributed by atoms with Crippen molar-refractivity contribution >= 4 is 12.4 Å². The van der Waals surface area contributed by atoms with E-state index >= 15 is 0 Å². The largest absolute Gasteiger partial charge is 0.508 e. The van der Waals surface area contributed by atoms with Crippen LogP contribution in [-0.2, 0) is 4.79 Å². The lowest BCUT2D eigenvalue weighted by Crippen LogP contribution is -2.09. The van der Waals surface area contributed by atoms with E-state index in [1.165, 1.54) is 12.1 Å². The van der Waals surface area contributed by atoms with Gasteiger partial charge in [0, 0.05) is 17.7 Å². The summed E-state index contributed by atoms with van der Waals surface area (Å²) in [6, 6.07) is 2.29. The van der Waals surface area contributed by atoms with E-state index in [9.17, 15) is 9.18 Å². The molecule has 0 saturated heterocycles. The third-order valence-corrected chi connectivity index (χ3v) is 1.95. The van der Waals surface area contributed by atoms with Gasteiger partial charge in [-0.05, 0) is 6.08 Å². The smallest absolute Gasteiger partial charge is 0.149 e. The Hall–Kier alpha value is -1.84. The Morgan fingerprint density at radius 3 is 3.00 bits per heavy atom. The Labute approximate surface area is 79.4 Å². The first-order valence-corrected chi connectivity index (χ1v) is 4.02. The number of carbonyl (C=O) groups excluding carboxylic acids is 1. The van der Waals surface area contributed by atoms with Crippen LogP contribution in [-0.4, -0.2) is 18.0 Å². The Balaban J connectivity index is 2.58. The number of hydrogen-bond donors (Lipinski definition) is 1. The fourth-order valence-corrected chi connectivity index (χ4v) is 1.29. The first kappa shape index (κ1) is 8.74. The van der Waals surface area contributed by atoms with E-state index in [0.717, 1.165) is 6.07 Å². The number of aldehydes is 1. The zero-order valence-corrected chi connectivity index (χ0v) is 7.16. The molecule has 4 heteroatoms. The zero-order valence-electron chi connectivity index (χ0n) is 7.16. The number of aromatic hydroxyl groups is 1. The summed E-state index contributed by atoms with van der Waals surface area (Å²) in [6.07, 6.45) is 2.04. The van der Waals surface area contributed by atoms with Crippen LogP contribution in [0.15, 0.2) is 17.7 Å². The van der Waals surface area contributed by atoms with E-state index in [-0.39, 0.29) is 23.7 Å². The standard InChI is InChI=1S/C10H7FO3/c11-9-2-7(13)3-10-8(9)1-6(4-12)5-14-10/h1-4,13H,5H2. The maximum Gasteiger partial charge on any atom is 0.149 e. The lowest BCUT2D eigenvalue weighted by Gasteiger charge is -2.15. The van der Waals surface area contributed by atoms with E-state index in [0.29, 0.717) is 11.9 Å². The van der Waals surface area contributed by atoms with E-state index in [1.807, 2.05) is 0 Å². The molecular formula is C10H7FO3. The van der Waals surface area contributed by atoms with Crippen LogP contribution in [0.25, 0.3) is 6.08 Å². The van der Waals surface area contributed by atoms with Crippen molar-refractivity contribution in [1.29, 1.82) is 0 Å². The third-order valence-electron chi connectivity index (χ3n) is 1.95. The van der Waals surface area contributed by atoms with Gasteiger partial charge < -0.3 is 9.84 Å². The molecule has 0 aromatic heterocycles. The van der Waals surface area contributed by atoms with Crippen LogP contribution in [0.3, 0.4) is 0 Å². The molecule has 0 aliphatic carbocycles. The predicted octanol–water partition coefficient (Wildman–Crippen LogP) is 1.51. The molecule has 0 fully saturated rings. The molecule has 1 heterocycles. The predicted molar refractivity (Wildman–Crippen MR) is 47.6 cm³/mol. The minimum Gasteiger partial charge on any atom is -0.508 e. The minimum absolute atomic E-state index is 0.111. The monoisotopic (exact) mass is 194 g/mol. The van der Waals surface area contributed by atoms with Crippen LogP contribution in [0, 0.1) is 5.82 Å². The van der Waals surface area contributed by atoms with Gasteiger partial charge in [0.05, 0.1) is 5.56 Å². The molecule has 0 unspecified atom stereocenters. The quantitative estimate of drug-likeness (QED) is 0.689. The number of ether oxygens (including phenoxy) is 1. The van der Waals surface area contributed by atoms with Gasteiger partial charge in [-0.1, -0.05) is 0 Å². The van der Waals surface area contributed by atoms with Gasteiger partial charge in [0.15, 0.2) is 0 Å². The SMILES string of the molecule is O=CC1=Cc2c(F)cc(O)cc2OC1. The van der Waals surface area contributed by atoms with Crippen LogP contribution < -0.4 is 4.74 Å². The lowest BCUT2D eigenvalue weighted by atomic mass is 10.1. The van der Waals surface area contributed by atoms with Gasteiger partial charge in [-0.3, -0.25) is 4.79 Å². The highest BCUT2D eigenvalue weighted by Gasteiger charge is 2.15. The second kappa shape index (κ2) is 3.14. The summed E-state index contributed by atoms with van der Waals surface area (Å²) < 4.78 is 18.3. The van der Waals surface area contributed by atoms with E-state index in [4.69, 9.17) is 9.84 Å². The summed E-state index contributed by atoms with van der Waals surface area (Å²) in [6.45, 7) is 0.111.